The van der Waals surface area contributed by atoms with Gasteiger partial charge in [0, 0.05) is 17.6 Å². The predicted octanol–water partition coefficient (Wildman–Crippen LogP) is 6.86. The van der Waals surface area contributed by atoms with Crippen molar-refractivity contribution in [2.45, 2.75) is 46.0 Å². The van der Waals surface area contributed by atoms with Crippen molar-refractivity contribution in [1.82, 2.24) is 0 Å². The molecule has 0 atom stereocenters. The first-order valence-electron chi connectivity index (χ1n) is 15.7. The maximum absolute atomic E-state index is 12.6. The molecule has 3 aromatic rings. The molecule has 48 heavy (non-hydrogen) atoms. The molecule has 0 aliphatic carbocycles. The van der Waals surface area contributed by atoms with E-state index in [9.17, 15) is 19.2 Å². The summed E-state index contributed by atoms with van der Waals surface area (Å²) in [6.07, 6.45) is 3.24. The van der Waals surface area contributed by atoms with E-state index in [2.05, 4.69) is 13.2 Å². The maximum Gasteiger partial charge on any atom is 0.343 e. The summed E-state index contributed by atoms with van der Waals surface area (Å²) in [7, 11) is 0. The average molecular weight is 659 g/mol. The lowest BCUT2D eigenvalue weighted by atomic mass is 10.1. The molecule has 0 aliphatic heterocycles. The van der Waals surface area contributed by atoms with Crippen molar-refractivity contribution in [2.24, 2.45) is 0 Å². The molecule has 0 N–H and O–H groups in total. The van der Waals surface area contributed by atoms with Crippen LogP contribution in [0.5, 0.6) is 17.2 Å². The number of ether oxygens (including phenoxy) is 6. The lowest BCUT2D eigenvalue weighted by Crippen LogP contribution is -2.09. The fourth-order valence-electron chi connectivity index (χ4n) is 3.97. The Morgan fingerprint density at radius 2 is 0.917 bits per heavy atom. The summed E-state index contributed by atoms with van der Waals surface area (Å²) in [4.78, 5) is 47.7. The number of rotatable bonds is 20. The number of unbranched alkanes of at least 4 members (excludes halogenated alkanes) is 2. The Labute approximate surface area is 281 Å². The molecule has 3 rings (SSSR count). The lowest BCUT2D eigenvalue weighted by molar-refractivity contribution is -0.139. The van der Waals surface area contributed by atoms with Gasteiger partial charge in [0.1, 0.15) is 17.2 Å². The maximum atomic E-state index is 12.6. The van der Waals surface area contributed by atoms with E-state index in [0.717, 1.165) is 5.56 Å². The van der Waals surface area contributed by atoms with Crippen LogP contribution >= 0.6 is 0 Å². The SMILES string of the molecule is C=C(C)C(=O)OCCCCOc1ccc(C(=O)OCCc2ccc(OC(=O)c3ccc(OCCCCOC(=O)C(=C)C)cc3)cc2)cc1. The van der Waals surface area contributed by atoms with E-state index >= 15 is 0 Å². The largest absolute Gasteiger partial charge is 0.494 e. The second-order valence-corrected chi connectivity index (χ2v) is 10.9. The average Bonchev–Trinajstić information content (AvgIpc) is 3.08. The van der Waals surface area contributed by atoms with E-state index in [1.54, 1.807) is 74.5 Å². The molecule has 0 saturated carbocycles. The van der Waals surface area contributed by atoms with Crippen LogP contribution in [-0.2, 0) is 30.2 Å². The van der Waals surface area contributed by atoms with Crippen molar-refractivity contribution in [1.29, 1.82) is 0 Å². The number of benzene rings is 3. The third-order valence-corrected chi connectivity index (χ3v) is 6.72. The molecule has 10 nitrogen and oxygen atoms in total. The van der Waals surface area contributed by atoms with E-state index in [0.29, 0.717) is 98.1 Å². The molecule has 0 fully saturated rings. The van der Waals surface area contributed by atoms with Gasteiger partial charge in [0.15, 0.2) is 0 Å². The first kappa shape index (κ1) is 37.1. The number of esters is 4. The summed E-state index contributed by atoms with van der Waals surface area (Å²) in [5.41, 5.74) is 2.45. The highest BCUT2D eigenvalue weighted by Crippen LogP contribution is 2.18. The quantitative estimate of drug-likeness (QED) is 0.0418. The monoisotopic (exact) mass is 658 g/mol. The second-order valence-electron chi connectivity index (χ2n) is 10.9. The molecule has 0 bridgehead atoms. The third-order valence-electron chi connectivity index (χ3n) is 6.72. The number of hydrogen-bond donors (Lipinski definition) is 0. The van der Waals surface area contributed by atoms with Crippen LogP contribution in [0, 0.1) is 0 Å². The van der Waals surface area contributed by atoms with Gasteiger partial charge in [-0.1, -0.05) is 25.3 Å². The molecule has 10 heteroatoms. The van der Waals surface area contributed by atoms with Crippen molar-refractivity contribution in [2.75, 3.05) is 33.0 Å². The molecule has 254 valence electrons. The summed E-state index contributed by atoms with van der Waals surface area (Å²) < 4.78 is 32.3. The van der Waals surface area contributed by atoms with Gasteiger partial charge in [0.2, 0.25) is 0 Å². The van der Waals surface area contributed by atoms with E-state index < -0.39 is 23.9 Å². The van der Waals surface area contributed by atoms with Gasteiger partial charge in [-0.3, -0.25) is 0 Å². The number of carbonyl (C=O) groups excluding carboxylic acids is 4. The summed E-state index contributed by atoms with van der Waals surface area (Å²) in [5.74, 6) is -0.0996. The van der Waals surface area contributed by atoms with Gasteiger partial charge in [0.25, 0.3) is 0 Å². The molecule has 0 saturated heterocycles. The lowest BCUT2D eigenvalue weighted by Gasteiger charge is -2.09. The van der Waals surface area contributed by atoms with Crippen molar-refractivity contribution >= 4 is 23.9 Å². The Morgan fingerprint density at radius 1 is 0.500 bits per heavy atom. The number of hydrogen-bond acceptors (Lipinski definition) is 10. The summed E-state index contributed by atoms with van der Waals surface area (Å²) in [6, 6.07) is 20.3. The predicted molar refractivity (Wildman–Crippen MR) is 179 cm³/mol. The molecule has 0 unspecified atom stereocenters. The molecule has 0 aromatic heterocycles. The van der Waals surface area contributed by atoms with Crippen LogP contribution < -0.4 is 14.2 Å². The van der Waals surface area contributed by atoms with Crippen LogP contribution in [0.2, 0.25) is 0 Å². The Balaban J connectivity index is 1.30. The van der Waals surface area contributed by atoms with Crippen LogP contribution in [0.25, 0.3) is 0 Å². The van der Waals surface area contributed by atoms with Crippen LogP contribution in [0.3, 0.4) is 0 Å². The zero-order valence-corrected chi connectivity index (χ0v) is 27.5. The zero-order chi connectivity index (χ0) is 34.7. The van der Waals surface area contributed by atoms with Crippen LogP contribution in [0.15, 0.2) is 97.1 Å². The van der Waals surface area contributed by atoms with Gasteiger partial charge in [-0.25, -0.2) is 19.2 Å². The molecular weight excluding hydrogens is 616 g/mol. The van der Waals surface area contributed by atoms with Gasteiger partial charge in [-0.15, -0.1) is 0 Å². The molecule has 0 spiro atoms. The van der Waals surface area contributed by atoms with Crippen molar-refractivity contribution < 1.29 is 47.6 Å². The smallest absolute Gasteiger partial charge is 0.343 e. The topological polar surface area (TPSA) is 124 Å². The van der Waals surface area contributed by atoms with Gasteiger partial charge in [-0.05, 0) is 106 Å². The molecule has 0 heterocycles. The van der Waals surface area contributed by atoms with Gasteiger partial charge in [-0.2, -0.15) is 0 Å². The van der Waals surface area contributed by atoms with Crippen molar-refractivity contribution in [3.8, 4) is 17.2 Å². The molecule has 0 amide bonds. The minimum absolute atomic E-state index is 0.184. The van der Waals surface area contributed by atoms with Crippen molar-refractivity contribution in [3.63, 3.8) is 0 Å². The Hall–Kier alpha value is -5.38. The summed E-state index contributed by atoms with van der Waals surface area (Å²) >= 11 is 0. The highest BCUT2D eigenvalue weighted by molar-refractivity contribution is 5.91. The van der Waals surface area contributed by atoms with Gasteiger partial charge in [0.05, 0.1) is 44.2 Å². The van der Waals surface area contributed by atoms with E-state index in [-0.39, 0.29) is 6.61 Å². The third kappa shape index (κ3) is 13.5. The fourth-order valence-corrected chi connectivity index (χ4v) is 3.97. The summed E-state index contributed by atoms with van der Waals surface area (Å²) in [5, 5.41) is 0. The standard InChI is InChI=1S/C38H42O10/c1-27(2)35(39)45-24-7-5-22-43-32-17-11-30(12-18-32)37(41)47-26-21-29-9-15-34(16-10-29)48-38(42)31-13-19-33(20-14-31)44-23-6-8-25-46-36(40)28(3)4/h9-20H,1,3,5-8,21-26H2,2,4H3. The molecule has 0 radical (unpaired) electrons. The molecule has 0 aliphatic rings. The first-order valence-corrected chi connectivity index (χ1v) is 15.7. The van der Waals surface area contributed by atoms with Gasteiger partial charge < -0.3 is 28.4 Å². The Kier molecular flexibility index (Phi) is 15.4. The Morgan fingerprint density at radius 3 is 1.38 bits per heavy atom. The van der Waals surface area contributed by atoms with Crippen molar-refractivity contribution in [3.05, 3.63) is 114 Å². The Bertz CT molecular complexity index is 1520. The highest BCUT2D eigenvalue weighted by atomic mass is 16.5. The van der Waals surface area contributed by atoms with E-state index in [1.807, 2.05) is 12.1 Å². The summed E-state index contributed by atoms with van der Waals surface area (Å²) in [6.45, 7) is 12.0. The molecule has 3 aromatic carbocycles. The van der Waals surface area contributed by atoms with Gasteiger partial charge >= 0.3 is 23.9 Å². The zero-order valence-electron chi connectivity index (χ0n) is 27.5. The van der Waals surface area contributed by atoms with Crippen LogP contribution in [-0.4, -0.2) is 56.9 Å². The molecular formula is C38H42O10. The van der Waals surface area contributed by atoms with E-state index in [1.165, 1.54) is 0 Å². The minimum atomic E-state index is -0.499. The van der Waals surface area contributed by atoms with Crippen LogP contribution in [0.1, 0.15) is 65.8 Å². The van der Waals surface area contributed by atoms with Crippen LogP contribution in [0.4, 0.5) is 0 Å². The highest BCUT2D eigenvalue weighted by Gasteiger charge is 2.11. The normalized spacial score (nSPS) is 10.4. The fraction of sp³-hybridized carbons (Fsp3) is 0.316. The number of carbonyl (C=O) groups is 4. The second kappa shape index (κ2) is 20.0. The minimum Gasteiger partial charge on any atom is -0.494 e. The van der Waals surface area contributed by atoms with E-state index in [4.69, 9.17) is 28.4 Å². The first-order chi connectivity index (χ1) is 23.1.